The monoisotopic (exact) mass is 219 g/mol. The minimum absolute atomic E-state index is 0.611. The van der Waals surface area contributed by atoms with Gasteiger partial charge in [0.05, 0.1) is 5.69 Å². The van der Waals surface area contributed by atoms with Crippen molar-refractivity contribution in [2.45, 2.75) is 38.6 Å². The number of aromatic nitrogens is 1. The van der Waals surface area contributed by atoms with Crippen molar-refractivity contribution in [2.75, 3.05) is 17.7 Å². The SMILES string of the molecule is CC1CCCCC1N(C)c1cccnc1N. The van der Waals surface area contributed by atoms with E-state index in [4.69, 9.17) is 5.73 Å². The van der Waals surface area contributed by atoms with Crippen LogP contribution in [-0.2, 0) is 0 Å². The van der Waals surface area contributed by atoms with E-state index in [1.807, 2.05) is 6.07 Å². The second kappa shape index (κ2) is 4.73. The number of anilines is 2. The molecule has 2 unspecified atom stereocenters. The zero-order chi connectivity index (χ0) is 11.5. The molecule has 0 radical (unpaired) electrons. The summed E-state index contributed by atoms with van der Waals surface area (Å²) in [5.41, 5.74) is 6.99. The summed E-state index contributed by atoms with van der Waals surface area (Å²) >= 11 is 0. The van der Waals surface area contributed by atoms with Crippen molar-refractivity contribution in [2.24, 2.45) is 5.92 Å². The molecule has 1 aliphatic carbocycles. The highest BCUT2D eigenvalue weighted by Gasteiger charge is 2.25. The predicted octanol–water partition coefficient (Wildman–Crippen LogP) is 2.68. The molecule has 16 heavy (non-hydrogen) atoms. The quantitative estimate of drug-likeness (QED) is 0.831. The summed E-state index contributed by atoms with van der Waals surface area (Å²) in [5, 5.41) is 0. The molecule has 88 valence electrons. The van der Waals surface area contributed by atoms with Gasteiger partial charge in [-0.2, -0.15) is 0 Å². The second-order valence-electron chi connectivity index (χ2n) is 4.85. The molecule has 1 aromatic heterocycles. The number of nitrogens with two attached hydrogens (primary N) is 1. The van der Waals surface area contributed by atoms with Crippen molar-refractivity contribution in [1.82, 2.24) is 4.98 Å². The van der Waals surface area contributed by atoms with E-state index in [1.165, 1.54) is 25.7 Å². The number of hydrogen-bond acceptors (Lipinski definition) is 3. The lowest BCUT2D eigenvalue weighted by atomic mass is 9.85. The van der Waals surface area contributed by atoms with Crippen LogP contribution in [0.5, 0.6) is 0 Å². The maximum absolute atomic E-state index is 5.92. The van der Waals surface area contributed by atoms with Gasteiger partial charge in [0.25, 0.3) is 0 Å². The number of pyridine rings is 1. The smallest absolute Gasteiger partial charge is 0.146 e. The fourth-order valence-corrected chi connectivity index (χ4v) is 2.76. The first-order chi connectivity index (χ1) is 7.70. The van der Waals surface area contributed by atoms with Gasteiger partial charge in [-0.25, -0.2) is 4.98 Å². The normalized spacial score (nSPS) is 25.4. The fraction of sp³-hybridized carbons (Fsp3) is 0.615. The molecule has 1 fully saturated rings. The van der Waals surface area contributed by atoms with Crippen LogP contribution in [0.4, 0.5) is 11.5 Å². The third-order valence-corrected chi connectivity index (χ3v) is 3.76. The zero-order valence-corrected chi connectivity index (χ0v) is 10.2. The Hall–Kier alpha value is -1.25. The Morgan fingerprint density at radius 2 is 2.12 bits per heavy atom. The van der Waals surface area contributed by atoms with E-state index in [1.54, 1.807) is 6.20 Å². The molecule has 0 spiro atoms. The fourth-order valence-electron chi connectivity index (χ4n) is 2.76. The van der Waals surface area contributed by atoms with E-state index in [0.717, 1.165) is 11.6 Å². The first-order valence-electron chi connectivity index (χ1n) is 6.13. The molecular weight excluding hydrogens is 198 g/mol. The van der Waals surface area contributed by atoms with Crippen LogP contribution in [-0.4, -0.2) is 18.1 Å². The molecule has 3 heteroatoms. The van der Waals surface area contributed by atoms with Crippen molar-refractivity contribution >= 4 is 11.5 Å². The molecule has 0 bridgehead atoms. The molecule has 2 N–H and O–H groups in total. The van der Waals surface area contributed by atoms with Crippen LogP contribution in [0.3, 0.4) is 0 Å². The van der Waals surface area contributed by atoms with Crippen molar-refractivity contribution in [3.05, 3.63) is 18.3 Å². The van der Waals surface area contributed by atoms with Gasteiger partial charge in [0.2, 0.25) is 0 Å². The lowest BCUT2D eigenvalue weighted by Crippen LogP contribution is -2.39. The van der Waals surface area contributed by atoms with Gasteiger partial charge in [0.15, 0.2) is 0 Å². The van der Waals surface area contributed by atoms with Crippen LogP contribution < -0.4 is 10.6 Å². The molecule has 1 aliphatic rings. The molecule has 2 rings (SSSR count). The standard InChI is InChI=1S/C13H21N3/c1-10-6-3-4-7-11(10)16(2)12-8-5-9-15-13(12)14/h5,8-11H,3-4,6-7H2,1-2H3,(H2,14,15). The summed E-state index contributed by atoms with van der Waals surface area (Å²) in [6.07, 6.45) is 7.05. The van der Waals surface area contributed by atoms with Gasteiger partial charge in [-0.3, -0.25) is 0 Å². The van der Waals surface area contributed by atoms with E-state index in [9.17, 15) is 0 Å². The molecule has 3 nitrogen and oxygen atoms in total. The van der Waals surface area contributed by atoms with E-state index in [2.05, 4.69) is 29.9 Å². The minimum atomic E-state index is 0.611. The lowest BCUT2D eigenvalue weighted by Gasteiger charge is -2.37. The number of nitrogens with zero attached hydrogens (tertiary/aromatic N) is 2. The van der Waals surface area contributed by atoms with Gasteiger partial charge in [-0.1, -0.05) is 19.8 Å². The molecule has 1 saturated carbocycles. The number of rotatable bonds is 2. The lowest BCUT2D eigenvalue weighted by molar-refractivity contribution is 0.322. The van der Waals surface area contributed by atoms with Crippen molar-refractivity contribution in [3.8, 4) is 0 Å². The first kappa shape index (κ1) is 11.2. The summed E-state index contributed by atoms with van der Waals surface area (Å²) < 4.78 is 0. The van der Waals surface area contributed by atoms with Crippen molar-refractivity contribution < 1.29 is 0 Å². The highest BCUT2D eigenvalue weighted by molar-refractivity contribution is 5.63. The van der Waals surface area contributed by atoms with Crippen LogP contribution in [0.25, 0.3) is 0 Å². The van der Waals surface area contributed by atoms with Crippen LogP contribution in [0.1, 0.15) is 32.6 Å². The molecule has 0 aromatic carbocycles. The van der Waals surface area contributed by atoms with E-state index in [-0.39, 0.29) is 0 Å². The maximum atomic E-state index is 5.92. The van der Waals surface area contributed by atoms with Crippen LogP contribution in [0.15, 0.2) is 18.3 Å². The maximum Gasteiger partial charge on any atom is 0.146 e. The molecule has 0 amide bonds. The third kappa shape index (κ3) is 2.13. The van der Waals surface area contributed by atoms with Gasteiger partial charge in [-0.15, -0.1) is 0 Å². The van der Waals surface area contributed by atoms with Crippen LogP contribution in [0.2, 0.25) is 0 Å². The summed E-state index contributed by atoms with van der Waals surface area (Å²) in [5.74, 6) is 1.39. The predicted molar refractivity (Wildman–Crippen MR) is 68.5 cm³/mol. The zero-order valence-electron chi connectivity index (χ0n) is 10.2. The van der Waals surface area contributed by atoms with Gasteiger partial charge in [0, 0.05) is 19.3 Å². The Morgan fingerprint density at radius 3 is 2.81 bits per heavy atom. The summed E-state index contributed by atoms with van der Waals surface area (Å²) in [7, 11) is 2.14. The molecule has 2 atom stereocenters. The Morgan fingerprint density at radius 1 is 1.38 bits per heavy atom. The van der Waals surface area contributed by atoms with Crippen LogP contribution >= 0.6 is 0 Å². The highest BCUT2D eigenvalue weighted by Crippen LogP contribution is 2.31. The van der Waals surface area contributed by atoms with Crippen molar-refractivity contribution in [3.63, 3.8) is 0 Å². The molecule has 0 saturated heterocycles. The van der Waals surface area contributed by atoms with E-state index < -0.39 is 0 Å². The van der Waals surface area contributed by atoms with Gasteiger partial charge in [0.1, 0.15) is 5.82 Å². The Kier molecular flexibility index (Phi) is 3.32. The molecule has 1 heterocycles. The number of nitrogen functional groups attached to an aromatic ring is 1. The first-order valence-corrected chi connectivity index (χ1v) is 6.13. The molecular formula is C13H21N3. The number of hydrogen-bond donors (Lipinski definition) is 1. The highest BCUT2D eigenvalue weighted by atomic mass is 15.2. The summed E-state index contributed by atoms with van der Waals surface area (Å²) in [4.78, 5) is 6.47. The summed E-state index contributed by atoms with van der Waals surface area (Å²) in [6.45, 7) is 2.34. The largest absolute Gasteiger partial charge is 0.382 e. The minimum Gasteiger partial charge on any atom is -0.382 e. The Balaban J connectivity index is 2.17. The van der Waals surface area contributed by atoms with Gasteiger partial charge in [-0.05, 0) is 30.9 Å². The summed E-state index contributed by atoms with van der Waals surface area (Å²) in [6, 6.07) is 4.62. The van der Waals surface area contributed by atoms with E-state index >= 15 is 0 Å². The Labute approximate surface area is 97.7 Å². The average Bonchev–Trinajstić information content (AvgIpc) is 2.29. The topological polar surface area (TPSA) is 42.2 Å². The average molecular weight is 219 g/mol. The van der Waals surface area contributed by atoms with Crippen molar-refractivity contribution in [1.29, 1.82) is 0 Å². The Bertz CT molecular complexity index is 351. The van der Waals surface area contributed by atoms with E-state index in [0.29, 0.717) is 11.9 Å². The van der Waals surface area contributed by atoms with Crippen LogP contribution in [0, 0.1) is 5.92 Å². The second-order valence-corrected chi connectivity index (χ2v) is 4.85. The van der Waals surface area contributed by atoms with Gasteiger partial charge >= 0.3 is 0 Å². The molecule has 1 aromatic rings. The van der Waals surface area contributed by atoms with Gasteiger partial charge < -0.3 is 10.6 Å². The third-order valence-electron chi connectivity index (χ3n) is 3.76. The molecule has 0 aliphatic heterocycles.